The van der Waals surface area contributed by atoms with E-state index >= 15 is 0 Å². The molecule has 0 bridgehead atoms. The van der Waals surface area contributed by atoms with Crippen LogP contribution in [-0.2, 0) is 0 Å². The highest BCUT2D eigenvalue weighted by Gasteiger charge is 1.98. The number of fused-ring (bicyclic) bond motifs is 1. The average Bonchev–Trinajstić information content (AvgIpc) is 2.04. The zero-order valence-electron chi connectivity index (χ0n) is 6.28. The van der Waals surface area contributed by atoms with Crippen molar-refractivity contribution >= 4 is 10.8 Å². The first-order valence-electron chi connectivity index (χ1n) is 3.60. The maximum Gasteiger partial charge on any atom is 0.123 e. The Morgan fingerprint density at radius 1 is 1.08 bits per heavy atom. The van der Waals surface area contributed by atoms with Gasteiger partial charge in [-0.2, -0.15) is 0 Å². The molecule has 2 heteroatoms. The first-order chi connectivity index (χ1) is 5.77. The third-order valence-corrected chi connectivity index (χ3v) is 1.76. The SMILES string of the molecule is Oc1ccc2c(O)cc[c]c2c1. The number of phenolic OH excluding ortho intramolecular Hbond substituents is 2. The van der Waals surface area contributed by atoms with E-state index in [-0.39, 0.29) is 11.5 Å². The van der Waals surface area contributed by atoms with Crippen LogP contribution in [0.3, 0.4) is 0 Å². The van der Waals surface area contributed by atoms with Gasteiger partial charge in [0, 0.05) is 5.39 Å². The van der Waals surface area contributed by atoms with Crippen molar-refractivity contribution in [2.45, 2.75) is 0 Å². The van der Waals surface area contributed by atoms with Gasteiger partial charge in [0.2, 0.25) is 0 Å². The second kappa shape index (κ2) is 2.41. The molecule has 0 aliphatic rings. The summed E-state index contributed by atoms with van der Waals surface area (Å²) in [6.45, 7) is 0. The van der Waals surface area contributed by atoms with Crippen molar-refractivity contribution in [1.29, 1.82) is 0 Å². The fraction of sp³-hybridized carbons (Fsp3) is 0. The van der Waals surface area contributed by atoms with Gasteiger partial charge in [-0.25, -0.2) is 0 Å². The van der Waals surface area contributed by atoms with Crippen molar-refractivity contribution in [1.82, 2.24) is 0 Å². The second-order valence-electron chi connectivity index (χ2n) is 2.59. The standard InChI is InChI=1S/C10H7O2/c11-8-4-5-9-7(6-8)2-1-3-10(9)12/h1,3-6,11-12H. The molecule has 0 saturated heterocycles. The summed E-state index contributed by atoms with van der Waals surface area (Å²) in [4.78, 5) is 0. The van der Waals surface area contributed by atoms with Crippen LogP contribution < -0.4 is 0 Å². The maximum absolute atomic E-state index is 9.36. The van der Waals surface area contributed by atoms with Crippen LogP contribution in [0.2, 0.25) is 0 Å². The van der Waals surface area contributed by atoms with Crippen LogP contribution in [-0.4, -0.2) is 10.2 Å². The number of aromatic hydroxyl groups is 2. The van der Waals surface area contributed by atoms with Crippen molar-refractivity contribution in [2.75, 3.05) is 0 Å². The maximum atomic E-state index is 9.36. The van der Waals surface area contributed by atoms with Gasteiger partial charge in [-0.15, -0.1) is 0 Å². The third kappa shape index (κ3) is 0.975. The van der Waals surface area contributed by atoms with Gasteiger partial charge in [-0.3, -0.25) is 0 Å². The number of phenols is 2. The van der Waals surface area contributed by atoms with Crippen LogP contribution in [0.15, 0.2) is 30.3 Å². The van der Waals surface area contributed by atoms with Crippen molar-refractivity contribution in [3.05, 3.63) is 36.4 Å². The van der Waals surface area contributed by atoms with Crippen molar-refractivity contribution in [3.63, 3.8) is 0 Å². The van der Waals surface area contributed by atoms with E-state index in [4.69, 9.17) is 5.11 Å². The lowest BCUT2D eigenvalue weighted by molar-refractivity contribution is 0.475. The molecule has 0 atom stereocenters. The summed E-state index contributed by atoms with van der Waals surface area (Å²) in [6.07, 6.45) is 0. The molecule has 59 valence electrons. The zero-order valence-corrected chi connectivity index (χ0v) is 6.28. The Kier molecular flexibility index (Phi) is 1.40. The first-order valence-corrected chi connectivity index (χ1v) is 3.60. The largest absolute Gasteiger partial charge is 0.508 e. The molecule has 0 saturated carbocycles. The van der Waals surface area contributed by atoms with Gasteiger partial charge in [0.25, 0.3) is 0 Å². The highest BCUT2D eigenvalue weighted by molar-refractivity contribution is 5.88. The molecule has 2 nitrogen and oxygen atoms in total. The minimum atomic E-state index is 0.185. The normalized spacial score (nSPS) is 10.3. The van der Waals surface area contributed by atoms with Crippen LogP contribution >= 0.6 is 0 Å². The lowest BCUT2D eigenvalue weighted by atomic mass is 10.1. The smallest absolute Gasteiger partial charge is 0.123 e. The van der Waals surface area contributed by atoms with Gasteiger partial charge >= 0.3 is 0 Å². The fourth-order valence-electron chi connectivity index (χ4n) is 1.18. The number of rotatable bonds is 0. The van der Waals surface area contributed by atoms with Gasteiger partial charge in [-0.05, 0) is 35.7 Å². The summed E-state index contributed by atoms with van der Waals surface area (Å²) >= 11 is 0. The van der Waals surface area contributed by atoms with Crippen molar-refractivity contribution in [2.24, 2.45) is 0 Å². The molecular formula is C10H7O2. The van der Waals surface area contributed by atoms with Crippen LogP contribution in [0.5, 0.6) is 11.5 Å². The quantitative estimate of drug-likeness (QED) is 0.617. The van der Waals surface area contributed by atoms with Crippen LogP contribution in [0.1, 0.15) is 0 Å². The predicted octanol–water partition coefficient (Wildman–Crippen LogP) is 2.05. The summed E-state index contributed by atoms with van der Waals surface area (Å²) in [5.41, 5.74) is 0. The van der Waals surface area contributed by atoms with Crippen molar-refractivity contribution < 1.29 is 10.2 Å². The van der Waals surface area contributed by atoms with E-state index in [2.05, 4.69) is 6.07 Å². The molecule has 0 aliphatic carbocycles. The minimum absolute atomic E-state index is 0.185. The van der Waals surface area contributed by atoms with Gasteiger partial charge in [0.05, 0.1) is 0 Å². The molecule has 0 heterocycles. The Morgan fingerprint density at radius 3 is 2.75 bits per heavy atom. The molecule has 0 aliphatic heterocycles. The Labute approximate surface area is 69.7 Å². The van der Waals surface area contributed by atoms with Crippen molar-refractivity contribution in [3.8, 4) is 11.5 Å². The van der Waals surface area contributed by atoms with E-state index in [1.54, 1.807) is 24.3 Å². The summed E-state index contributed by atoms with van der Waals surface area (Å²) in [5.74, 6) is 0.396. The van der Waals surface area contributed by atoms with Gasteiger partial charge in [0.1, 0.15) is 11.5 Å². The summed E-state index contributed by atoms with van der Waals surface area (Å²) < 4.78 is 0. The van der Waals surface area contributed by atoms with E-state index in [0.717, 1.165) is 5.39 Å². The molecule has 0 fully saturated rings. The number of hydrogen-bond donors (Lipinski definition) is 2. The van der Waals surface area contributed by atoms with E-state index in [0.29, 0.717) is 5.39 Å². The summed E-state index contributed by atoms with van der Waals surface area (Å²) in [5, 5.41) is 19.9. The molecule has 0 spiro atoms. The summed E-state index contributed by atoms with van der Waals surface area (Å²) in [7, 11) is 0. The van der Waals surface area contributed by atoms with E-state index < -0.39 is 0 Å². The molecular weight excluding hydrogens is 152 g/mol. The van der Waals surface area contributed by atoms with E-state index in [1.165, 1.54) is 6.07 Å². The number of benzene rings is 2. The van der Waals surface area contributed by atoms with E-state index in [1.807, 2.05) is 0 Å². The average molecular weight is 159 g/mol. The molecule has 2 rings (SSSR count). The second-order valence-corrected chi connectivity index (χ2v) is 2.59. The molecule has 0 amide bonds. The zero-order chi connectivity index (χ0) is 8.55. The predicted molar refractivity (Wildman–Crippen MR) is 46.1 cm³/mol. The van der Waals surface area contributed by atoms with Crippen LogP contribution in [0.25, 0.3) is 10.8 Å². The van der Waals surface area contributed by atoms with Gasteiger partial charge in [0.15, 0.2) is 0 Å². The Bertz CT molecular complexity index is 421. The molecule has 12 heavy (non-hydrogen) atoms. The van der Waals surface area contributed by atoms with E-state index in [9.17, 15) is 5.11 Å². The summed E-state index contributed by atoms with van der Waals surface area (Å²) in [6, 6.07) is 10.9. The highest BCUT2D eigenvalue weighted by atomic mass is 16.3. The highest BCUT2D eigenvalue weighted by Crippen LogP contribution is 2.26. The molecule has 1 radical (unpaired) electrons. The third-order valence-electron chi connectivity index (χ3n) is 1.76. The van der Waals surface area contributed by atoms with Gasteiger partial charge < -0.3 is 10.2 Å². The minimum Gasteiger partial charge on any atom is -0.508 e. The lowest BCUT2D eigenvalue weighted by Crippen LogP contribution is -1.73. The molecule has 2 N–H and O–H groups in total. The fourth-order valence-corrected chi connectivity index (χ4v) is 1.18. The Hall–Kier alpha value is -1.70. The monoisotopic (exact) mass is 159 g/mol. The Balaban J connectivity index is 2.86. The molecule has 2 aromatic rings. The first kappa shape index (κ1) is 6.98. The van der Waals surface area contributed by atoms with Crippen LogP contribution in [0.4, 0.5) is 0 Å². The molecule has 0 unspecified atom stereocenters. The topological polar surface area (TPSA) is 40.5 Å². The molecule has 0 aromatic heterocycles. The van der Waals surface area contributed by atoms with Gasteiger partial charge in [-0.1, -0.05) is 6.07 Å². The number of hydrogen-bond acceptors (Lipinski definition) is 2. The van der Waals surface area contributed by atoms with Crippen LogP contribution in [0, 0.1) is 6.07 Å². The Morgan fingerprint density at radius 2 is 1.92 bits per heavy atom. The lowest BCUT2D eigenvalue weighted by Gasteiger charge is -1.99. The molecule has 2 aromatic carbocycles.